The zero-order chi connectivity index (χ0) is 18.4. The normalized spacial score (nSPS) is 26.4. The van der Waals surface area contributed by atoms with Gasteiger partial charge in [-0.2, -0.15) is 5.10 Å². The van der Waals surface area contributed by atoms with Crippen LogP contribution in [0.3, 0.4) is 0 Å². The Bertz CT molecular complexity index is 473. The summed E-state index contributed by atoms with van der Waals surface area (Å²) in [6, 6.07) is 0.392. The highest BCUT2D eigenvalue weighted by Gasteiger charge is 2.32. The molecular weight excluding hydrogens is 318 g/mol. The highest BCUT2D eigenvalue weighted by atomic mass is 16.6. The van der Waals surface area contributed by atoms with E-state index in [-0.39, 0.29) is 6.09 Å². The second-order valence-corrected chi connectivity index (χ2v) is 8.17. The standard InChI is InChI=1S/C19H35N3O3/c1-6-8-15-13-21(18(23)25-19(2,3)4)12-10-17(15)20-22-11-7-9-16(22)14-24-5/h15-16H,6-14H2,1-5H3/b20-17+/t15-,16+/m1/s1. The molecule has 0 aromatic rings. The van der Waals surface area contributed by atoms with Gasteiger partial charge in [-0.1, -0.05) is 13.3 Å². The number of rotatable bonds is 5. The summed E-state index contributed by atoms with van der Waals surface area (Å²) in [6.07, 6.45) is 5.10. The van der Waals surface area contributed by atoms with Crippen molar-refractivity contribution in [3.05, 3.63) is 0 Å². The van der Waals surface area contributed by atoms with Gasteiger partial charge in [0.05, 0.1) is 12.6 Å². The first-order valence-corrected chi connectivity index (χ1v) is 9.65. The molecule has 0 bridgehead atoms. The molecule has 2 heterocycles. The number of piperidine rings is 1. The molecule has 0 saturated carbocycles. The lowest BCUT2D eigenvalue weighted by molar-refractivity contribution is 0.0220. The van der Waals surface area contributed by atoms with Crippen LogP contribution in [0, 0.1) is 5.92 Å². The van der Waals surface area contributed by atoms with Crippen LogP contribution in [0.5, 0.6) is 0 Å². The van der Waals surface area contributed by atoms with Crippen LogP contribution in [-0.4, -0.2) is 66.7 Å². The molecule has 0 aromatic carbocycles. The summed E-state index contributed by atoms with van der Waals surface area (Å²) >= 11 is 0. The predicted molar refractivity (Wildman–Crippen MR) is 99.9 cm³/mol. The molecule has 2 atom stereocenters. The molecule has 1 amide bonds. The Hall–Kier alpha value is -1.30. The van der Waals surface area contributed by atoms with E-state index in [4.69, 9.17) is 14.6 Å². The SMILES string of the molecule is CCC[C@@H]1CN(C(=O)OC(C)(C)C)CC/C1=N\N1CCC[C@H]1COC. The van der Waals surface area contributed by atoms with E-state index in [0.717, 1.165) is 38.8 Å². The van der Waals surface area contributed by atoms with Crippen molar-refractivity contribution < 1.29 is 14.3 Å². The minimum Gasteiger partial charge on any atom is -0.444 e. The third-order valence-electron chi connectivity index (χ3n) is 4.80. The monoisotopic (exact) mass is 353 g/mol. The maximum atomic E-state index is 12.4. The number of carbonyl (C=O) groups excluding carboxylic acids is 1. The Morgan fingerprint density at radius 1 is 1.32 bits per heavy atom. The highest BCUT2D eigenvalue weighted by molar-refractivity contribution is 5.89. The zero-order valence-corrected chi connectivity index (χ0v) is 16.6. The molecule has 0 radical (unpaired) electrons. The Balaban J connectivity index is 2.03. The maximum Gasteiger partial charge on any atom is 0.410 e. The first-order chi connectivity index (χ1) is 11.8. The fourth-order valence-corrected chi connectivity index (χ4v) is 3.63. The largest absolute Gasteiger partial charge is 0.444 e. The molecule has 25 heavy (non-hydrogen) atoms. The van der Waals surface area contributed by atoms with Crippen molar-refractivity contribution in [2.45, 2.75) is 71.4 Å². The molecule has 0 unspecified atom stereocenters. The van der Waals surface area contributed by atoms with Gasteiger partial charge in [0.1, 0.15) is 5.60 Å². The van der Waals surface area contributed by atoms with Crippen molar-refractivity contribution >= 4 is 11.8 Å². The highest BCUT2D eigenvalue weighted by Crippen LogP contribution is 2.24. The van der Waals surface area contributed by atoms with Gasteiger partial charge in [0.25, 0.3) is 0 Å². The van der Waals surface area contributed by atoms with E-state index < -0.39 is 5.60 Å². The number of carbonyl (C=O) groups is 1. The average Bonchev–Trinajstić information content (AvgIpc) is 2.95. The lowest BCUT2D eigenvalue weighted by atomic mass is 9.91. The molecule has 0 N–H and O–H groups in total. The van der Waals surface area contributed by atoms with E-state index in [0.29, 0.717) is 25.0 Å². The second-order valence-electron chi connectivity index (χ2n) is 8.17. The zero-order valence-electron chi connectivity index (χ0n) is 16.6. The fraction of sp³-hybridized carbons (Fsp3) is 0.895. The van der Waals surface area contributed by atoms with Crippen LogP contribution in [-0.2, 0) is 9.47 Å². The Morgan fingerprint density at radius 2 is 2.08 bits per heavy atom. The van der Waals surface area contributed by atoms with Crippen molar-refractivity contribution in [1.29, 1.82) is 0 Å². The molecule has 2 fully saturated rings. The summed E-state index contributed by atoms with van der Waals surface area (Å²) in [5.74, 6) is 0.329. The van der Waals surface area contributed by atoms with Crippen LogP contribution in [0.25, 0.3) is 0 Å². The first-order valence-electron chi connectivity index (χ1n) is 9.65. The van der Waals surface area contributed by atoms with E-state index >= 15 is 0 Å². The molecule has 2 saturated heterocycles. The number of amides is 1. The molecule has 6 heteroatoms. The summed E-state index contributed by atoms with van der Waals surface area (Å²) in [7, 11) is 1.75. The van der Waals surface area contributed by atoms with Crippen LogP contribution in [0.2, 0.25) is 0 Å². The number of ether oxygens (including phenoxy) is 2. The van der Waals surface area contributed by atoms with Crippen LogP contribution in [0.4, 0.5) is 4.79 Å². The number of hydrogen-bond acceptors (Lipinski definition) is 5. The number of likely N-dealkylation sites (tertiary alicyclic amines) is 1. The van der Waals surface area contributed by atoms with Gasteiger partial charge in [-0.3, -0.25) is 5.01 Å². The molecule has 144 valence electrons. The van der Waals surface area contributed by atoms with E-state index in [9.17, 15) is 4.79 Å². The van der Waals surface area contributed by atoms with Gasteiger partial charge < -0.3 is 14.4 Å². The van der Waals surface area contributed by atoms with Crippen LogP contribution < -0.4 is 0 Å². The van der Waals surface area contributed by atoms with Crippen molar-refractivity contribution in [3.8, 4) is 0 Å². The van der Waals surface area contributed by atoms with Crippen LogP contribution in [0.1, 0.15) is 59.8 Å². The van der Waals surface area contributed by atoms with Crippen molar-refractivity contribution in [1.82, 2.24) is 9.91 Å². The number of methoxy groups -OCH3 is 1. The van der Waals surface area contributed by atoms with Crippen LogP contribution in [0.15, 0.2) is 5.10 Å². The minimum atomic E-state index is -0.450. The predicted octanol–water partition coefficient (Wildman–Crippen LogP) is 3.51. The molecule has 0 aliphatic carbocycles. The van der Waals surface area contributed by atoms with Gasteiger partial charge in [0, 0.05) is 44.8 Å². The molecule has 0 spiro atoms. The molecule has 0 aromatic heterocycles. The van der Waals surface area contributed by atoms with Crippen molar-refractivity contribution in [2.75, 3.05) is 33.4 Å². The summed E-state index contributed by atoms with van der Waals surface area (Å²) in [6.45, 7) is 11.1. The molecule has 2 aliphatic heterocycles. The van der Waals surface area contributed by atoms with E-state index in [1.165, 1.54) is 12.1 Å². The van der Waals surface area contributed by atoms with Crippen LogP contribution >= 0.6 is 0 Å². The summed E-state index contributed by atoms with van der Waals surface area (Å²) in [5.41, 5.74) is 0.791. The number of hydrazone groups is 1. The average molecular weight is 354 g/mol. The van der Waals surface area contributed by atoms with Crippen molar-refractivity contribution in [3.63, 3.8) is 0 Å². The lowest BCUT2D eigenvalue weighted by Crippen LogP contribution is -2.46. The van der Waals surface area contributed by atoms with Gasteiger partial charge in [-0.25, -0.2) is 4.79 Å². The Labute approximate surface area is 152 Å². The molecule has 2 aliphatic rings. The quantitative estimate of drug-likeness (QED) is 0.759. The second kappa shape index (κ2) is 8.88. The van der Waals surface area contributed by atoms with Crippen molar-refractivity contribution in [2.24, 2.45) is 11.0 Å². The number of hydrogen-bond donors (Lipinski definition) is 0. The van der Waals surface area contributed by atoms with Gasteiger partial charge in [0.2, 0.25) is 0 Å². The molecule has 2 rings (SSSR count). The maximum absolute atomic E-state index is 12.4. The Kier molecular flexibility index (Phi) is 7.11. The fourth-order valence-electron chi connectivity index (χ4n) is 3.63. The van der Waals surface area contributed by atoms with Gasteiger partial charge in [-0.05, 0) is 40.0 Å². The van der Waals surface area contributed by atoms with E-state index in [1.807, 2.05) is 25.7 Å². The summed E-state index contributed by atoms with van der Waals surface area (Å²) in [5, 5.41) is 7.21. The third-order valence-corrected chi connectivity index (χ3v) is 4.80. The number of nitrogens with zero attached hydrogens (tertiary/aromatic N) is 3. The minimum absolute atomic E-state index is 0.203. The summed E-state index contributed by atoms with van der Waals surface area (Å²) in [4.78, 5) is 14.2. The Morgan fingerprint density at radius 3 is 2.72 bits per heavy atom. The van der Waals surface area contributed by atoms with Gasteiger partial charge in [-0.15, -0.1) is 0 Å². The summed E-state index contributed by atoms with van der Waals surface area (Å²) < 4.78 is 10.9. The van der Waals surface area contributed by atoms with Gasteiger partial charge in [0.15, 0.2) is 0 Å². The molecule has 6 nitrogen and oxygen atoms in total. The topological polar surface area (TPSA) is 54.4 Å². The van der Waals surface area contributed by atoms with E-state index in [1.54, 1.807) is 7.11 Å². The third kappa shape index (κ3) is 5.87. The lowest BCUT2D eigenvalue weighted by Gasteiger charge is -2.36. The van der Waals surface area contributed by atoms with E-state index in [2.05, 4.69) is 11.9 Å². The smallest absolute Gasteiger partial charge is 0.410 e. The first kappa shape index (κ1) is 20.0. The molecular formula is C19H35N3O3. The van der Waals surface area contributed by atoms with Gasteiger partial charge >= 0.3 is 6.09 Å².